The second-order valence-electron chi connectivity index (χ2n) is 6.50. The second-order valence-corrected chi connectivity index (χ2v) is 11.2. The van der Waals surface area contributed by atoms with Gasteiger partial charge in [0.25, 0.3) is 0 Å². The lowest BCUT2D eigenvalue weighted by molar-refractivity contribution is 0.330. The Balaban J connectivity index is 2.62. The largest absolute Gasteiger partial charge is 0.316 e. The fraction of sp³-hybridized carbons (Fsp3) is 1.00. The van der Waals surface area contributed by atoms with Crippen LogP contribution in [0.2, 0.25) is 0 Å². The summed E-state index contributed by atoms with van der Waals surface area (Å²) >= 11 is 0. The van der Waals surface area contributed by atoms with Crippen molar-refractivity contribution in [3.8, 4) is 0 Å². The summed E-state index contributed by atoms with van der Waals surface area (Å²) in [5.41, 5.74) is 0. The van der Waals surface area contributed by atoms with Crippen molar-refractivity contribution in [2.45, 2.75) is 33.6 Å². The van der Waals surface area contributed by atoms with Gasteiger partial charge in [0, 0.05) is 5.75 Å². The van der Waals surface area contributed by atoms with Gasteiger partial charge in [-0.05, 0) is 43.7 Å². The zero-order valence-electron chi connectivity index (χ0n) is 13.3. The van der Waals surface area contributed by atoms with Gasteiger partial charge in [-0.2, -0.15) is 0 Å². The highest BCUT2D eigenvalue weighted by molar-refractivity contribution is 7.91. The van der Waals surface area contributed by atoms with E-state index in [4.69, 9.17) is 0 Å². The van der Waals surface area contributed by atoms with E-state index in [0.29, 0.717) is 25.3 Å². The van der Waals surface area contributed by atoms with Crippen molar-refractivity contribution >= 4 is 19.7 Å². The highest BCUT2D eigenvalue weighted by Crippen LogP contribution is 2.28. The summed E-state index contributed by atoms with van der Waals surface area (Å²) < 4.78 is 46.7. The van der Waals surface area contributed by atoms with E-state index in [-0.39, 0.29) is 34.8 Å². The third-order valence-electron chi connectivity index (χ3n) is 4.13. The molecular formula is C14H29NO4S2. The molecule has 2 atom stereocenters. The molecule has 1 aliphatic rings. The van der Waals surface area contributed by atoms with Gasteiger partial charge in [-0.15, -0.1) is 0 Å². The van der Waals surface area contributed by atoms with E-state index in [1.54, 1.807) is 6.92 Å². The van der Waals surface area contributed by atoms with Crippen LogP contribution in [-0.4, -0.2) is 52.9 Å². The molecule has 1 aliphatic heterocycles. The number of hydrogen-bond acceptors (Lipinski definition) is 5. The average molecular weight is 340 g/mol. The molecule has 0 saturated carbocycles. The van der Waals surface area contributed by atoms with Crippen molar-refractivity contribution in [3.05, 3.63) is 0 Å². The number of rotatable bonds is 9. The quantitative estimate of drug-likeness (QED) is 0.680. The van der Waals surface area contributed by atoms with Crippen LogP contribution in [0.4, 0.5) is 0 Å². The van der Waals surface area contributed by atoms with Crippen LogP contribution >= 0.6 is 0 Å². The summed E-state index contributed by atoms with van der Waals surface area (Å²) in [7, 11) is -5.91. The van der Waals surface area contributed by atoms with Gasteiger partial charge in [-0.25, -0.2) is 16.8 Å². The first kappa shape index (κ1) is 18.9. The third kappa shape index (κ3) is 7.10. The highest BCUT2D eigenvalue weighted by Gasteiger charge is 2.33. The molecule has 0 aromatic rings. The lowest BCUT2D eigenvalue weighted by atomic mass is 9.89. The molecule has 7 heteroatoms. The SMILES string of the molecule is CCS(=O)(=O)CCC(CNCC(C)C)C1CCS(=O)(=O)C1. The normalized spacial score (nSPS) is 23.5. The molecule has 0 aromatic heterocycles. The predicted octanol–water partition coefficient (Wildman–Crippen LogP) is 1.11. The van der Waals surface area contributed by atoms with Crippen molar-refractivity contribution in [2.75, 3.05) is 36.1 Å². The molecule has 126 valence electrons. The maximum atomic E-state index is 11.7. The topological polar surface area (TPSA) is 80.3 Å². The van der Waals surface area contributed by atoms with Gasteiger partial charge >= 0.3 is 0 Å². The molecule has 0 amide bonds. The van der Waals surface area contributed by atoms with E-state index in [2.05, 4.69) is 19.2 Å². The van der Waals surface area contributed by atoms with Crippen LogP contribution in [0.25, 0.3) is 0 Å². The van der Waals surface area contributed by atoms with Gasteiger partial charge in [0.2, 0.25) is 0 Å². The molecule has 1 N–H and O–H groups in total. The zero-order chi connectivity index (χ0) is 16.1. The number of hydrogen-bond donors (Lipinski definition) is 1. The molecule has 5 nitrogen and oxygen atoms in total. The molecule has 21 heavy (non-hydrogen) atoms. The maximum absolute atomic E-state index is 11.7. The molecule has 0 spiro atoms. The fourth-order valence-corrected chi connectivity index (χ4v) is 5.60. The van der Waals surface area contributed by atoms with Gasteiger partial charge < -0.3 is 5.32 Å². The van der Waals surface area contributed by atoms with Gasteiger partial charge in [0.15, 0.2) is 9.84 Å². The summed E-state index contributed by atoms with van der Waals surface area (Å²) in [6.45, 7) is 7.46. The van der Waals surface area contributed by atoms with Crippen molar-refractivity contribution < 1.29 is 16.8 Å². The van der Waals surface area contributed by atoms with Crippen molar-refractivity contribution in [1.82, 2.24) is 5.32 Å². The smallest absolute Gasteiger partial charge is 0.150 e. The summed E-state index contributed by atoms with van der Waals surface area (Å²) in [4.78, 5) is 0. The minimum absolute atomic E-state index is 0.0988. The van der Waals surface area contributed by atoms with Crippen LogP contribution < -0.4 is 5.32 Å². The molecule has 0 aromatic carbocycles. The molecule has 1 saturated heterocycles. The minimum atomic E-state index is -2.99. The first-order chi connectivity index (χ1) is 9.65. The molecule has 0 aliphatic carbocycles. The summed E-state index contributed by atoms with van der Waals surface area (Å²) in [5, 5.41) is 3.35. The van der Waals surface area contributed by atoms with Crippen molar-refractivity contribution in [2.24, 2.45) is 17.8 Å². The summed E-state index contributed by atoms with van der Waals surface area (Å²) in [5.74, 6) is 1.53. The summed E-state index contributed by atoms with van der Waals surface area (Å²) in [6.07, 6.45) is 1.23. The Labute approximate surface area is 129 Å². The molecule has 2 unspecified atom stereocenters. The van der Waals surface area contributed by atoms with Crippen LogP contribution in [0, 0.1) is 17.8 Å². The second kappa shape index (κ2) is 7.92. The molecule has 0 bridgehead atoms. The Bertz CT molecular complexity index is 511. The standard InChI is InChI=1S/C14H29NO4S2/c1-4-20(16,17)7-5-13(10-15-9-12(2)3)14-6-8-21(18,19)11-14/h12-15H,4-11H2,1-3H3. The van der Waals surface area contributed by atoms with Crippen LogP contribution in [0.15, 0.2) is 0 Å². The molecule has 1 fully saturated rings. The highest BCUT2D eigenvalue weighted by atomic mass is 32.2. The van der Waals surface area contributed by atoms with Crippen LogP contribution in [-0.2, 0) is 19.7 Å². The molecule has 1 rings (SSSR count). The number of sulfone groups is 2. The van der Waals surface area contributed by atoms with Gasteiger partial charge in [-0.1, -0.05) is 20.8 Å². The first-order valence-corrected chi connectivity index (χ1v) is 11.4. The average Bonchev–Trinajstić information content (AvgIpc) is 2.73. The van der Waals surface area contributed by atoms with E-state index in [1.165, 1.54) is 0 Å². The van der Waals surface area contributed by atoms with E-state index < -0.39 is 19.7 Å². The Hall–Kier alpha value is -0.140. The lowest BCUT2D eigenvalue weighted by Gasteiger charge is -2.23. The van der Waals surface area contributed by atoms with E-state index >= 15 is 0 Å². The number of nitrogens with one attached hydrogen (secondary N) is 1. The van der Waals surface area contributed by atoms with E-state index in [0.717, 1.165) is 6.54 Å². The van der Waals surface area contributed by atoms with E-state index in [1.807, 2.05) is 0 Å². The van der Waals surface area contributed by atoms with Crippen LogP contribution in [0.5, 0.6) is 0 Å². The Kier molecular flexibility index (Phi) is 7.13. The van der Waals surface area contributed by atoms with Crippen molar-refractivity contribution in [3.63, 3.8) is 0 Å². The van der Waals surface area contributed by atoms with Gasteiger partial charge in [-0.3, -0.25) is 0 Å². The first-order valence-electron chi connectivity index (χ1n) is 7.76. The van der Waals surface area contributed by atoms with Gasteiger partial charge in [0.1, 0.15) is 9.84 Å². The van der Waals surface area contributed by atoms with Crippen LogP contribution in [0.1, 0.15) is 33.6 Å². The lowest BCUT2D eigenvalue weighted by Crippen LogP contribution is -2.32. The maximum Gasteiger partial charge on any atom is 0.150 e. The Morgan fingerprint density at radius 1 is 1.24 bits per heavy atom. The van der Waals surface area contributed by atoms with Gasteiger partial charge in [0.05, 0.1) is 17.3 Å². The third-order valence-corrected chi connectivity index (χ3v) is 7.66. The fourth-order valence-electron chi connectivity index (χ4n) is 2.73. The molecule has 1 heterocycles. The van der Waals surface area contributed by atoms with E-state index in [9.17, 15) is 16.8 Å². The van der Waals surface area contributed by atoms with Crippen molar-refractivity contribution in [1.29, 1.82) is 0 Å². The summed E-state index contributed by atoms with van der Waals surface area (Å²) in [6, 6.07) is 0. The minimum Gasteiger partial charge on any atom is -0.316 e. The predicted molar refractivity (Wildman–Crippen MR) is 86.9 cm³/mol. The monoisotopic (exact) mass is 339 g/mol. The van der Waals surface area contributed by atoms with Crippen LogP contribution in [0.3, 0.4) is 0 Å². The zero-order valence-corrected chi connectivity index (χ0v) is 15.0. The molecule has 0 radical (unpaired) electrons. The molecular weight excluding hydrogens is 310 g/mol. The Morgan fingerprint density at radius 3 is 2.38 bits per heavy atom. The Morgan fingerprint density at radius 2 is 1.90 bits per heavy atom.